The molecule has 0 bridgehead atoms. The quantitative estimate of drug-likeness (QED) is 0.841. The van der Waals surface area contributed by atoms with Crippen LogP contribution in [0.4, 0.5) is 0 Å². The van der Waals surface area contributed by atoms with Gasteiger partial charge in [-0.15, -0.1) is 11.3 Å². The SMILES string of the molecule is CC1CCc2c(C(=O)NCCO)csc2C1. The van der Waals surface area contributed by atoms with E-state index in [4.69, 9.17) is 5.11 Å². The number of hydrogen-bond acceptors (Lipinski definition) is 3. The average molecular weight is 239 g/mol. The Balaban J connectivity index is 2.14. The summed E-state index contributed by atoms with van der Waals surface area (Å²) in [5.41, 5.74) is 2.05. The molecule has 1 heterocycles. The van der Waals surface area contributed by atoms with E-state index in [2.05, 4.69) is 12.2 Å². The molecular weight excluding hydrogens is 222 g/mol. The molecule has 88 valence electrons. The Morgan fingerprint density at radius 3 is 3.25 bits per heavy atom. The lowest BCUT2D eigenvalue weighted by Gasteiger charge is -2.18. The average Bonchev–Trinajstić information content (AvgIpc) is 2.68. The fraction of sp³-hybridized carbons (Fsp3) is 0.583. The van der Waals surface area contributed by atoms with Gasteiger partial charge in [-0.25, -0.2) is 0 Å². The van der Waals surface area contributed by atoms with E-state index < -0.39 is 0 Å². The van der Waals surface area contributed by atoms with Crippen LogP contribution in [0.15, 0.2) is 5.38 Å². The molecule has 0 fully saturated rings. The van der Waals surface area contributed by atoms with E-state index in [9.17, 15) is 4.79 Å². The molecule has 0 spiro atoms. The third kappa shape index (κ3) is 2.28. The normalized spacial score (nSPS) is 19.2. The molecule has 1 atom stereocenters. The van der Waals surface area contributed by atoms with Crippen molar-refractivity contribution in [3.05, 3.63) is 21.4 Å². The zero-order chi connectivity index (χ0) is 11.5. The first kappa shape index (κ1) is 11.6. The highest BCUT2D eigenvalue weighted by Crippen LogP contribution is 2.32. The number of aliphatic hydroxyl groups excluding tert-OH is 1. The first-order valence-corrected chi connectivity index (χ1v) is 6.58. The van der Waals surface area contributed by atoms with Crippen molar-refractivity contribution in [2.24, 2.45) is 5.92 Å². The van der Waals surface area contributed by atoms with E-state index in [0.717, 1.165) is 24.3 Å². The van der Waals surface area contributed by atoms with E-state index >= 15 is 0 Å². The third-order valence-electron chi connectivity index (χ3n) is 3.04. The van der Waals surface area contributed by atoms with Gasteiger partial charge in [-0.1, -0.05) is 6.92 Å². The number of fused-ring (bicyclic) bond motifs is 1. The number of hydrogen-bond donors (Lipinski definition) is 2. The lowest BCUT2D eigenvalue weighted by molar-refractivity contribution is 0.0944. The van der Waals surface area contributed by atoms with Gasteiger partial charge < -0.3 is 10.4 Å². The standard InChI is InChI=1S/C12H17NO2S/c1-8-2-3-9-10(7-16-11(9)6-8)12(15)13-4-5-14/h7-8,14H,2-6H2,1H3,(H,13,15). The Kier molecular flexibility index (Phi) is 3.61. The van der Waals surface area contributed by atoms with Crippen LogP contribution in [0.25, 0.3) is 0 Å². The largest absolute Gasteiger partial charge is 0.395 e. The van der Waals surface area contributed by atoms with Crippen LogP contribution in [-0.4, -0.2) is 24.2 Å². The van der Waals surface area contributed by atoms with E-state index in [-0.39, 0.29) is 12.5 Å². The van der Waals surface area contributed by atoms with Crippen molar-refractivity contribution in [2.75, 3.05) is 13.2 Å². The van der Waals surface area contributed by atoms with Gasteiger partial charge >= 0.3 is 0 Å². The Morgan fingerprint density at radius 1 is 1.69 bits per heavy atom. The van der Waals surface area contributed by atoms with Crippen LogP contribution in [0.5, 0.6) is 0 Å². The van der Waals surface area contributed by atoms with Gasteiger partial charge in [0.2, 0.25) is 0 Å². The number of thiophene rings is 1. The zero-order valence-corrected chi connectivity index (χ0v) is 10.3. The smallest absolute Gasteiger partial charge is 0.252 e. The van der Waals surface area contributed by atoms with Gasteiger partial charge in [0.25, 0.3) is 5.91 Å². The van der Waals surface area contributed by atoms with Gasteiger partial charge in [-0.05, 0) is 30.7 Å². The fourth-order valence-electron chi connectivity index (χ4n) is 2.13. The molecule has 1 aliphatic rings. The molecule has 0 radical (unpaired) electrons. The summed E-state index contributed by atoms with van der Waals surface area (Å²) in [7, 11) is 0. The van der Waals surface area contributed by atoms with Crippen molar-refractivity contribution in [2.45, 2.75) is 26.2 Å². The van der Waals surface area contributed by atoms with Gasteiger partial charge in [0.05, 0.1) is 12.2 Å². The van der Waals surface area contributed by atoms with Gasteiger partial charge in [0.1, 0.15) is 0 Å². The highest BCUT2D eigenvalue weighted by molar-refractivity contribution is 7.10. The monoisotopic (exact) mass is 239 g/mol. The second kappa shape index (κ2) is 4.97. The number of amides is 1. The first-order chi connectivity index (χ1) is 7.72. The second-order valence-electron chi connectivity index (χ2n) is 4.38. The predicted octanol–water partition coefficient (Wildman–Crippen LogP) is 1.59. The summed E-state index contributed by atoms with van der Waals surface area (Å²) in [6.07, 6.45) is 3.29. The molecule has 3 nitrogen and oxygen atoms in total. The molecule has 0 aliphatic heterocycles. The lowest BCUT2D eigenvalue weighted by atomic mass is 9.88. The Morgan fingerprint density at radius 2 is 2.50 bits per heavy atom. The fourth-order valence-corrected chi connectivity index (χ4v) is 3.38. The summed E-state index contributed by atoms with van der Waals surface area (Å²) in [6, 6.07) is 0. The van der Waals surface area contributed by atoms with Crippen LogP contribution in [-0.2, 0) is 12.8 Å². The Bertz CT molecular complexity index is 386. The minimum absolute atomic E-state index is 0.00486. The van der Waals surface area contributed by atoms with Crippen molar-refractivity contribution in [1.82, 2.24) is 5.32 Å². The molecule has 4 heteroatoms. The molecule has 2 rings (SSSR count). The molecule has 16 heavy (non-hydrogen) atoms. The maximum Gasteiger partial charge on any atom is 0.252 e. The third-order valence-corrected chi connectivity index (χ3v) is 4.09. The lowest BCUT2D eigenvalue weighted by Crippen LogP contribution is -2.27. The van der Waals surface area contributed by atoms with E-state index in [0.29, 0.717) is 6.54 Å². The van der Waals surface area contributed by atoms with Gasteiger partial charge in [0.15, 0.2) is 0 Å². The second-order valence-corrected chi connectivity index (χ2v) is 5.34. The Labute approximate surface area is 99.5 Å². The summed E-state index contributed by atoms with van der Waals surface area (Å²) in [4.78, 5) is 13.2. The predicted molar refractivity (Wildman–Crippen MR) is 64.9 cm³/mol. The summed E-state index contributed by atoms with van der Waals surface area (Å²) >= 11 is 1.69. The van der Waals surface area contributed by atoms with E-state index in [1.807, 2.05) is 5.38 Å². The summed E-state index contributed by atoms with van der Waals surface area (Å²) in [6.45, 7) is 2.59. The van der Waals surface area contributed by atoms with Gasteiger partial charge in [-0.3, -0.25) is 4.79 Å². The molecule has 0 saturated heterocycles. The van der Waals surface area contributed by atoms with Crippen LogP contribution >= 0.6 is 11.3 Å². The first-order valence-electron chi connectivity index (χ1n) is 5.70. The van der Waals surface area contributed by atoms with E-state index in [1.165, 1.54) is 16.9 Å². The summed E-state index contributed by atoms with van der Waals surface area (Å²) in [5.74, 6) is 0.695. The number of nitrogens with one attached hydrogen (secondary N) is 1. The minimum Gasteiger partial charge on any atom is -0.395 e. The topological polar surface area (TPSA) is 49.3 Å². The maximum atomic E-state index is 11.8. The van der Waals surface area contributed by atoms with Crippen LogP contribution in [0, 0.1) is 5.92 Å². The van der Waals surface area contributed by atoms with Crippen LogP contribution in [0.2, 0.25) is 0 Å². The van der Waals surface area contributed by atoms with E-state index in [1.54, 1.807) is 11.3 Å². The summed E-state index contributed by atoms with van der Waals surface area (Å²) in [5, 5.41) is 13.3. The summed E-state index contributed by atoms with van der Waals surface area (Å²) < 4.78 is 0. The van der Waals surface area contributed by atoms with Crippen molar-refractivity contribution < 1.29 is 9.90 Å². The van der Waals surface area contributed by atoms with Crippen molar-refractivity contribution in [3.63, 3.8) is 0 Å². The Hall–Kier alpha value is -0.870. The highest BCUT2D eigenvalue weighted by atomic mass is 32.1. The zero-order valence-electron chi connectivity index (χ0n) is 9.45. The molecule has 0 aromatic carbocycles. The number of rotatable bonds is 3. The van der Waals surface area contributed by atoms with Gasteiger partial charge in [-0.2, -0.15) is 0 Å². The molecular formula is C12H17NO2S. The van der Waals surface area contributed by atoms with Crippen molar-refractivity contribution >= 4 is 17.2 Å². The number of aliphatic hydroxyl groups is 1. The molecule has 1 amide bonds. The van der Waals surface area contributed by atoms with Gasteiger partial charge in [0, 0.05) is 16.8 Å². The molecule has 0 saturated carbocycles. The number of carbonyl (C=O) groups is 1. The van der Waals surface area contributed by atoms with Crippen molar-refractivity contribution in [1.29, 1.82) is 0 Å². The number of carbonyl (C=O) groups excluding carboxylic acids is 1. The molecule has 1 aromatic heterocycles. The highest BCUT2D eigenvalue weighted by Gasteiger charge is 2.22. The van der Waals surface area contributed by atoms with Crippen LogP contribution in [0.1, 0.15) is 34.1 Å². The van der Waals surface area contributed by atoms with Crippen molar-refractivity contribution in [3.8, 4) is 0 Å². The van der Waals surface area contributed by atoms with Crippen LogP contribution in [0.3, 0.4) is 0 Å². The maximum absolute atomic E-state index is 11.8. The molecule has 2 N–H and O–H groups in total. The minimum atomic E-state index is -0.0406. The molecule has 1 aromatic rings. The molecule has 1 unspecified atom stereocenters. The van der Waals surface area contributed by atoms with Crippen LogP contribution < -0.4 is 5.32 Å². The molecule has 1 aliphatic carbocycles.